The number of ether oxygens (including phenoxy) is 2. The number of hydrogen-bond acceptors (Lipinski definition) is 11. The zero-order valence-corrected chi connectivity index (χ0v) is 25.0. The number of anilines is 6. The predicted molar refractivity (Wildman–Crippen MR) is 162 cm³/mol. The van der Waals surface area contributed by atoms with Gasteiger partial charge < -0.3 is 35.2 Å². The van der Waals surface area contributed by atoms with Gasteiger partial charge in [0.2, 0.25) is 5.95 Å². The number of nitrogens with zero attached hydrogens (tertiary/aromatic N) is 6. The Morgan fingerprint density at radius 3 is 2.59 bits per heavy atom. The Hall–Kier alpha value is -4.12. The molecule has 3 aromatic rings. The van der Waals surface area contributed by atoms with Gasteiger partial charge in [-0.25, -0.2) is 9.78 Å². The van der Waals surface area contributed by atoms with Gasteiger partial charge in [0, 0.05) is 50.1 Å². The minimum Gasteiger partial charge on any atom is -0.494 e. The van der Waals surface area contributed by atoms with Crippen LogP contribution in [0.3, 0.4) is 0 Å². The average Bonchev–Trinajstić information content (AvgIpc) is 3.63. The minimum atomic E-state index is -0.466. The normalized spacial score (nSPS) is 14.9. The van der Waals surface area contributed by atoms with Crippen LogP contribution in [0, 0.1) is 6.92 Å². The molecule has 5 rings (SSSR count). The van der Waals surface area contributed by atoms with Crippen LogP contribution >= 0.6 is 0 Å². The number of nitrogens with two attached hydrogens (primary N) is 1. The Morgan fingerprint density at radius 2 is 1.93 bits per heavy atom. The van der Waals surface area contributed by atoms with E-state index in [4.69, 9.17) is 25.2 Å². The number of nitrogen functional groups attached to an aromatic ring is 1. The summed E-state index contributed by atoms with van der Waals surface area (Å²) in [5.74, 6) is 0.927. The lowest BCUT2D eigenvalue weighted by Crippen LogP contribution is -2.29. The molecular weight excluding hydrogens is 520 g/mol. The van der Waals surface area contributed by atoms with Crippen LogP contribution in [0.5, 0.6) is 5.75 Å². The molecule has 3 N–H and O–H groups in total. The van der Waals surface area contributed by atoms with Crippen LogP contribution in [0.15, 0.2) is 30.5 Å². The summed E-state index contributed by atoms with van der Waals surface area (Å²) in [6.07, 6.45) is 3.36. The lowest BCUT2D eigenvalue weighted by atomic mass is 10.0. The van der Waals surface area contributed by atoms with Crippen LogP contribution in [0.1, 0.15) is 48.4 Å². The molecule has 218 valence electrons. The summed E-state index contributed by atoms with van der Waals surface area (Å²) in [5, 5.41) is 3.27. The molecular formula is C30H40N8O3. The molecule has 1 aliphatic heterocycles. The van der Waals surface area contributed by atoms with E-state index in [0.29, 0.717) is 41.0 Å². The fraction of sp³-hybridized carbons (Fsp3) is 0.467. The molecule has 1 aromatic carbocycles. The van der Waals surface area contributed by atoms with Crippen molar-refractivity contribution in [3.05, 3.63) is 47.4 Å². The molecule has 11 nitrogen and oxygen atoms in total. The maximum Gasteiger partial charge on any atom is 0.343 e. The molecule has 0 radical (unpaired) electrons. The summed E-state index contributed by atoms with van der Waals surface area (Å²) in [5.41, 5.74) is 11.9. The molecule has 1 spiro atoms. The number of methoxy groups -OCH3 is 1. The van der Waals surface area contributed by atoms with E-state index in [1.807, 2.05) is 60.1 Å². The SMILES string of the molecule is COc1cc(N(C)CCN(C)C)c(N)cc1Nc1ncc(C(=O)OC(C)C)c(N2CC3(CC3)c3nc(C)ccc32)n1. The number of pyridine rings is 1. The second kappa shape index (κ2) is 11.0. The van der Waals surface area contributed by atoms with Gasteiger partial charge in [0.1, 0.15) is 11.3 Å². The van der Waals surface area contributed by atoms with E-state index >= 15 is 0 Å². The molecule has 1 aliphatic carbocycles. The summed E-state index contributed by atoms with van der Waals surface area (Å²) >= 11 is 0. The van der Waals surface area contributed by atoms with Crippen molar-refractivity contribution < 1.29 is 14.3 Å². The third kappa shape index (κ3) is 5.72. The van der Waals surface area contributed by atoms with E-state index in [1.54, 1.807) is 7.11 Å². The summed E-state index contributed by atoms with van der Waals surface area (Å²) < 4.78 is 11.3. The van der Waals surface area contributed by atoms with Gasteiger partial charge in [0.25, 0.3) is 0 Å². The highest BCUT2D eigenvalue weighted by Gasteiger charge is 2.54. The summed E-state index contributed by atoms with van der Waals surface area (Å²) in [7, 11) is 7.69. The molecule has 1 fully saturated rings. The van der Waals surface area contributed by atoms with Crippen molar-refractivity contribution in [2.45, 2.75) is 45.1 Å². The van der Waals surface area contributed by atoms with Crippen LogP contribution in [0.2, 0.25) is 0 Å². The number of fused-ring (bicyclic) bond motifs is 2. The maximum atomic E-state index is 13.2. The zero-order chi connectivity index (χ0) is 29.5. The van der Waals surface area contributed by atoms with Gasteiger partial charge in [-0.2, -0.15) is 4.98 Å². The van der Waals surface area contributed by atoms with Crippen molar-refractivity contribution >= 4 is 40.5 Å². The van der Waals surface area contributed by atoms with Gasteiger partial charge in [0.05, 0.1) is 41.7 Å². The first-order valence-electron chi connectivity index (χ1n) is 14.0. The van der Waals surface area contributed by atoms with E-state index in [-0.39, 0.29) is 11.5 Å². The minimum absolute atomic E-state index is 0.00870. The van der Waals surface area contributed by atoms with E-state index < -0.39 is 5.97 Å². The molecule has 0 amide bonds. The molecule has 1 saturated carbocycles. The molecule has 41 heavy (non-hydrogen) atoms. The predicted octanol–water partition coefficient (Wildman–Crippen LogP) is 4.26. The number of carbonyl (C=O) groups excluding carboxylic acids is 1. The summed E-state index contributed by atoms with van der Waals surface area (Å²) in [6, 6.07) is 7.78. The molecule has 2 aliphatic rings. The van der Waals surface area contributed by atoms with Gasteiger partial charge in [-0.3, -0.25) is 4.98 Å². The monoisotopic (exact) mass is 560 g/mol. The number of rotatable bonds is 10. The fourth-order valence-electron chi connectivity index (χ4n) is 5.19. The topological polar surface area (TPSA) is 122 Å². The Labute approximate surface area is 241 Å². The van der Waals surface area contributed by atoms with Gasteiger partial charge in [-0.05, 0) is 65.9 Å². The largest absolute Gasteiger partial charge is 0.494 e. The fourth-order valence-corrected chi connectivity index (χ4v) is 5.19. The van der Waals surface area contributed by atoms with E-state index in [1.165, 1.54) is 6.20 Å². The highest BCUT2D eigenvalue weighted by Crippen LogP contribution is 2.57. The van der Waals surface area contributed by atoms with Crippen LogP contribution in [0.4, 0.5) is 34.5 Å². The molecule has 11 heteroatoms. The molecule has 2 aromatic heterocycles. The van der Waals surface area contributed by atoms with Crippen LogP contribution < -0.4 is 25.6 Å². The van der Waals surface area contributed by atoms with Gasteiger partial charge in [0.15, 0.2) is 5.82 Å². The van der Waals surface area contributed by atoms with E-state index in [2.05, 4.69) is 31.1 Å². The number of likely N-dealkylation sites (N-methyl/N-ethyl adjacent to an activating group) is 2. The van der Waals surface area contributed by atoms with Gasteiger partial charge in [-0.15, -0.1) is 0 Å². The zero-order valence-electron chi connectivity index (χ0n) is 25.0. The van der Waals surface area contributed by atoms with Crippen LogP contribution in [-0.2, 0) is 10.2 Å². The third-order valence-electron chi connectivity index (χ3n) is 7.60. The van der Waals surface area contributed by atoms with Gasteiger partial charge in [-0.1, -0.05) is 0 Å². The van der Waals surface area contributed by atoms with E-state index in [9.17, 15) is 4.79 Å². The Balaban J connectivity index is 1.51. The molecule has 3 heterocycles. The summed E-state index contributed by atoms with van der Waals surface area (Å²) in [4.78, 5) is 33.7. The number of esters is 1. The quantitative estimate of drug-likeness (QED) is 0.273. The lowest BCUT2D eigenvalue weighted by Gasteiger charge is -2.25. The van der Waals surface area contributed by atoms with Crippen molar-refractivity contribution in [2.75, 3.05) is 68.7 Å². The number of aryl methyl sites for hydroxylation is 1. The van der Waals surface area contributed by atoms with Gasteiger partial charge >= 0.3 is 5.97 Å². The van der Waals surface area contributed by atoms with Crippen LogP contribution in [-0.4, -0.2) is 79.8 Å². The lowest BCUT2D eigenvalue weighted by molar-refractivity contribution is 0.0378. The standard InChI is InChI=1S/C30H40N8O3/c1-18(2)41-28(39)20-16-32-29(34-22-14-21(31)24(15-25(22)40-7)37(6)13-12-36(4)5)35-27(20)38-17-30(10-11-30)26-23(38)9-8-19(3)33-26/h8-9,14-16,18H,10-13,17,31H2,1-7H3,(H,32,34,35). The number of carbonyl (C=O) groups is 1. The first-order chi connectivity index (χ1) is 19.5. The molecule has 0 saturated heterocycles. The highest BCUT2D eigenvalue weighted by molar-refractivity contribution is 5.96. The Kier molecular flexibility index (Phi) is 7.65. The smallest absolute Gasteiger partial charge is 0.343 e. The average molecular weight is 561 g/mol. The third-order valence-corrected chi connectivity index (χ3v) is 7.60. The van der Waals surface area contributed by atoms with E-state index in [0.717, 1.165) is 48.7 Å². The van der Waals surface area contributed by atoms with Crippen molar-refractivity contribution in [3.63, 3.8) is 0 Å². The Morgan fingerprint density at radius 1 is 1.17 bits per heavy atom. The Bertz CT molecular complexity index is 1450. The summed E-state index contributed by atoms with van der Waals surface area (Å²) in [6.45, 7) is 8.04. The molecule has 0 unspecified atom stereocenters. The van der Waals surface area contributed by atoms with Crippen molar-refractivity contribution in [3.8, 4) is 5.75 Å². The number of benzene rings is 1. The first kappa shape index (κ1) is 28.4. The second-order valence-electron chi connectivity index (χ2n) is 11.5. The maximum absolute atomic E-state index is 13.2. The highest BCUT2D eigenvalue weighted by atomic mass is 16.5. The number of aromatic nitrogens is 3. The molecule has 0 bridgehead atoms. The molecule has 0 atom stereocenters. The number of nitrogens with one attached hydrogen (secondary N) is 1. The number of hydrogen-bond donors (Lipinski definition) is 2. The van der Waals surface area contributed by atoms with Crippen molar-refractivity contribution in [1.29, 1.82) is 0 Å². The van der Waals surface area contributed by atoms with Crippen molar-refractivity contribution in [1.82, 2.24) is 19.9 Å². The first-order valence-corrected chi connectivity index (χ1v) is 14.0. The second-order valence-corrected chi connectivity index (χ2v) is 11.5. The van der Waals surface area contributed by atoms with Crippen LogP contribution in [0.25, 0.3) is 0 Å². The van der Waals surface area contributed by atoms with Crippen molar-refractivity contribution in [2.24, 2.45) is 0 Å².